The second-order valence-corrected chi connectivity index (χ2v) is 8.47. The summed E-state index contributed by atoms with van der Waals surface area (Å²) in [6.45, 7) is 12.2. The molecular formula is C20H32IN5S. The lowest BCUT2D eigenvalue weighted by Gasteiger charge is -2.31. The van der Waals surface area contributed by atoms with Crippen molar-refractivity contribution in [2.75, 3.05) is 13.6 Å². The standard InChI is InChI=1S/C20H31N5S.HI/c1-14(17-10-8-7-9-11-17)25-20(4,5)13-23-19(21-6)22-12-18-15(2)24-16(3)26-18;/h7-11,14,25H,12-13H2,1-6H3,(H2,21,22,23);1H. The fourth-order valence-corrected chi connectivity index (χ4v) is 3.77. The molecule has 150 valence electrons. The molecule has 1 atom stereocenters. The highest BCUT2D eigenvalue weighted by Gasteiger charge is 2.21. The van der Waals surface area contributed by atoms with Crippen LogP contribution in [0.4, 0.5) is 0 Å². The van der Waals surface area contributed by atoms with Gasteiger partial charge in [-0.2, -0.15) is 0 Å². The van der Waals surface area contributed by atoms with Gasteiger partial charge in [0.25, 0.3) is 0 Å². The Morgan fingerprint density at radius 3 is 2.41 bits per heavy atom. The van der Waals surface area contributed by atoms with Crippen molar-refractivity contribution in [3.63, 3.8) is 0 Å². The summed E-state index contributed by atoms with van der Waals surface area (Å²) in [6.07, 6.45) is 0. The van der Waals surface area contributed by atoms with Gasteiger partial charge in [0.2, 0.25) is 0 Å². The van der Waals surface area contributed by atoms with Crippen LogP contribution in [-0.4, -0.2) is 30.1 Å². The highest BCUT2D eigenvalue weighted by Crippen LogP contribution is 2.17. The SMILES string of the molecule is CN=C(NCc1sc(C)nc1C)NCC(C)(C)NC(C)c1ccccc1.I. The fourth-order valence-electron chi connectivity index (χ4n) is 2.89. The van der Waals surface area contributed by atoms with Crippen LogP contribution < -0.4 is 16.0 Å². The number of guanidine groups is 1. The smallest absolute Gasteiger partial charge is 0.191 e. The number of aliphatic imine (C=N–C) groups is 1. The van der Waals surface area contributed by atoms with E-state index in [9.17, 15) is 0 Å². The van der Waals surface area contributed by atoms with Crippen molar-refractivity contribution >= 4 is 41.3 Å². The zero-order valence-electron chi connectivity index (χ0n) is 17.1. The minimum absolute atomic E-state index is 0. The maximum absolute atomic E-state index is 4.47. The quantitative estimate of drug-likeness (QED) is 0.303. The minimum Gasteiger partial charge on any atom is -0.355 e. The third-order valence-electron chi connectivity index (χ3n) is 4.24. The summed E-state index contributed by atoms with van der Waals surface area (Å²) in [5, 5.41) is 11.6. The Morgan fingerprint density at radius 1 is 1.19 bits per heavy atom. The van der Waals surface area contributed by atoms with Crippen LogP contribution in [0, 0.1) is 13.8 Å². The van der Waals surface area contributed by atoms with Crippen molar-refractivity contribution < 1.29 is 0 Å². The summed E-state index contributed by atoms with van der Waals surface area (Å²) >= 11 is 1.73. The largest absolute Gasteiger partial charge is 0.355 e. The lowest BCUT2D eigenvalue weighted by Crippen LogP contribution is -2.52. The van der Waals surface area contributed by atoms with E-state index in [1.165, 1.54) is 10.4 Å². The lowest BCUT2D eigenvalue weighted by molar-refractivity contribution is 0.345. The summed E-state index contributed by atoms with van der Waals surface area (Å²) in [7, 11) is 1.80. The number of nitrogens with zero attached hydrogens (tertiary/aromatic N) is 2. The maximum atomic E-state index is 4.47. The highest BCUT2D eigenvalue weighted by atomic mass is 127. The molecule has 0 saturated carbocycles. The maximum Gasteiger partial charge on any atom is 0.191 e. The highest BCUT2D eigenvalue weighted by molar-refractivity contribution is 14.0. The molecule has 0 saturated heterocycles. The van der Waals surface area contributed by atoms with Gasteiger partial charge in [0.05, 0.1) is 17.2 Å². The molecule has 0 spiro atoms. The number of aryl methyl sites for hydroxylation is 2. The van der Waals surface area contributed by atoms with Crippen molar-refractivity contribution in [2.24, 2.45) is 4.99 Å². The summed E-state index contributed by atoms with van der Waals surface area (Å²) in [5.74, 6) is 0.803. The van der Waals surface area contributed by atoms with Crippen molar-refractivity contribution in [1.29, 1.82) is 0 Å². The second-order valence-electron chi connectivity index (χ2n) is 7.18. The number of halogens is 1. The van der Waals surface area contributed by atoms with E-state index < -0.39 is 0 Å². The van der Waals surface area contributed by atoms with Crippen LogP contribution in [0.3, 0.4) is 0 Å². The topological polar surface area (TPSA) is 61.3 Å². The third-order valence-corrected chi connectivity index (χ3v) is 5.32. The van der Waals surface area contributed by atoms with E-state index in [1.54, 1.807) is 18.4 Å². The predicted octanol–water partition coefficient (Wildman–Crippen LogP) is 4.17. The first-order valence-electron chi connectivity index (χ1n) is 9.01. The van der Waals surface area contributed by atoms with E-state index in [-0.39, 0.29) is 35.6 Å². The molecule has 0 aliphatic carbocycles. The van der Waals surface area contributed by atoms with E-state index in [1.807, 2.05) is 13.0 Å². The lowest BCUT2D eigenvalue weighted by atomic mass is 10.0. The molecule has 1 aromatic carbocycles. The van der Waals surface area contributed by atoms with Crippen LogP contribution in [0.15, 0.2) is 35.3 Å². The molecule has 0 fully saturated rings. The number of hydrogen-bond acceptors (Lipinski definition) is 4. The molecule has 2 rings (SSSR count). The van der Waals surface area contributed by atoms with Crippen molar-refractivity contribution in [1.82, 2.24) is 20.9 Å². The molecule has 1 aromatic heterocycles. The molecule has 0 bridgehead atoms. The summed E-state index contributed by atoms with van der Waals surface area (Å²) < 4.78 is 0. The molecule has 0 radical (unpaired) electrons. The number of nitrogens with one attached hydrogen (secondary N) is 3. The zero-order valence-corrected chi connectivity index (χ0v) is 20.2. The molecule has 27 heavy (non-hydrogen) atoms. The van der Waals surface area contributed by atoms with Crippen LogP contribution in [0.25, 0.3) is 0 Å². The summed E-state index contributed by atoms with van der Waals surface area (Å²) in [6, 6.07) is 10.8. The number of benzene rings is 1. The molecule has 1 heterocycles. The van der Waals surface area contributed by atoms with Gasteiger partial charge < -0.3 is 16.0 Å². The third kappa shape index (κ3) is 7.75. The van der Waals surface area contributed by atoms with Gasteiger partial charge in [0, 0.05) is 30.1 Å². The van der Waals surface area contributed by atoms with Gasteiger partial charge in [-0.25, -0.2) is 4.98 Å². The average molecular weight is 501 g/mol. The van der Waals surface area contributed by atoms with Crippen LogP contribution >= 0.6 is 35.3 Å². The molecule has 5 nitrogen and oxygen atoms in total. The van der Waals surface area contributed by atoms with Crippen LogP contribution in [0.5, 0.6) is 0 Å². The van der Waals surface area contributed by atoms with E-state index in [2.05, 4.69) is 77.9 Å². The number of thiazole rings is 1. The van der Waals surface area contributed by atoms with Gasteiger partial charge in [0.15, 0.2) is 5.96 Å². The molecule has 0 amide bonds. The second kappa shape index (κ2) is 11.0. The summed E-state index contributed by atoms with van der Waals surface area (Å²) in [4.78, 5) is 10.1. The Balaban J connectivity index is 0.00000364. The number of aromatic nitrogens is 1. The Morgan fingerprint density at radius 2 is 1.85 bits per heavy atom. The molecule has 3 N–H and O–H groups in total. The van der Waals surface area contributed by atoms with E-state index in [0.29, 0.717) is 0 Å². The average Bonchev–Trinajstić information content (AvgIpc) is 2.93. The van der Waals surface area contributed by atoms with Gasteiger partial charge >= 0.3 is 0 Å². The zero-order chi connectivity index (χ0) is 19.2. The Bertz CT molecular complexity index is 727. The van der Waals surface area contributed by atoms with Gasteiger partial charge in [-0.05, 0) is 40.2 Å². The van der Waals surface area contributed by atoms with E-state index in [4.69, 9.17) is 0 Å². The molecule has 0 aliphatic heterocycles. The fraction of sp³-hybridized carbons (Fsp3) is 0.500. The molecule has 1 unspecified atom stereocenters. The number of hydrogen-bond donors (Lipinski definition) is 3. The van der Waals surface area contributed by atoms with Gasteiger partial charge in [-0.1, -0.05) is 30.3 Å². The van der Waals surface area contributed by atoms with E-state index in [0.717, 1.165) is 29.8 Å². The molecule has 0 aliphatic rings. The van der Waals surface area contributed by atoms with E-state index >= 15 is 0 Å². The summed E-state index contributed by atoms with van der Waals surface area (Å²) in [5.41, 5.74) is 2.30. The minimum atomic E-state index is -0.0795. The molecular weight excluding hydrogens is 469 g/mol. The Hall–Kier alpha value is -1.19. The van der Waals surface area contributed by atoms with Crippen molar-refractivity contribution in [3.05, 3.63) is 51.5 Å². The Labute approximate surface area is 184 Å². The molecule has 7 heteroatoms. The van der Waals surface area contributed by atoms with Crippen molar-refractivity contribution in [2.45, 2.75) is 52.7 Å². The van der Waals surface area contributed by atoms with Gasteiger partial charge in [-0.3, -0.25) is 4.99 Å². The number of rotatable bonds is 7. The van der Waals surface area contributed by atoms with Crippen molar-refractivity contribution in [3.8, 4) is 0 Å². The van der Waals surface area contributed by atoms with Crippen LogP contribution in [-0.2, 0) is 6.54 Å². The van der Waals surface area contributed by atoms with Crippen LogP contribution in [0.1, 0.15) is 48.0 Å². The monoisotopic (exact) mass is 501 g/mol. The first kappa shape index (κ1) is 23.8. The first-order chi connectivity index (χ1) is 12.3. The Kier molecular flexibility index (Phi) is 9.69. The first-order valence-corrected chi connectivity index (χ1v) is 9.82. The van der Waals surface area contributed by atoms with Gasteiger partial charge in [0.1, 0.15) is 0 Å². The van der Waals surface area contributed by atoms with Crippen LogP contribution in [0.2, 0.25) is 0 Å². The molecule has 2 aromatic rings. The normalized spacial score (nSPS) is 13.0. The predicted molar refractivity (Wildman–Crippen MR) is 127 cm³/mol. The van der Waals surface area contributed by atoms with Gasteiger partial charge in [-0.15, -0.1) is 35.3 Å².